The summed E-state index contributed by atoms with van der Waals surface area (Å²) in [7, 11) is 0. The van der Waals surface area contributed by atoms with Crippen LogP contribution in [-0.2, 0) is 16.1 Å². The minimum Gasteiger partial charge on any atom is -0.477 e. The van der Waals surface area contributed by atoms with E-state index in [1.165, 1.54) is 6.07 Å². The number of esters is 1. The number of benzene rings is 1. The van der Waals surface area contributed by atoms with E-state index in [2.05, 4.69) is 15.5 Å². The third-order valence-electron chi connectivity index (χ3n) is 3.04. The number of carbonyl (C=O) groups is 2. The number of ether oxygens (including phenoxy) is 2. The van der Waals surface area contributed by atoms with Crippen molar-refractivity contribution in [2.24, 2.45) is 0 Å². The quantitative estimate of drug-likeness (QED) is 0.611. The van der Waals surface area contributed by atoms with Gasteiger partial charge in [0.15, 0.2) is 6.10 Å². The second-order valence-corrected chi connectivity index (χ2v) is 4.87. The van der Waals surface area contributed by atoms with Crippen molar-refractivity contribution >= 4 is 11.9 Å². The molecule has 0 aliphatic carbocycles. The lowest BCUT2D eigenvalue weighted by atomic mass is 10.2. The largest absolute Gasteiger partial charge is 0.477 e. The number of carbonyl (C=O) groups excluding carboxylic acids is 2. The number of nitrogens with zero attached hydrogens (tertiary/aromatic N) is 1. The lowest BCUT2D eigenvalue weighted by Gasteiger charge is -2.11. The molecule has 1 aromatic carbocycles. The van der Waals surface area contributed by atoms with Gasteiger partial charge in [0.05, 0.1) is 13.2 Å². The van der Waals surface area contributed by atoms with Crippen molar-refractivity contribution in [3.05, 3.63) is 47.7 Å². The summed E-state index contributed by atoms with van der Waals surface area (Å²) in [5, 5.41) is 18.5. The Kier molecular flexibility index (Phi) is 6.32. The second kappa shape index (κ2) is 8.68. The van der Waals surface area contributed by atoms with Gasteiger partial charge in [-0.2, -0.15) is 0 Å². The van der Waals surface area contributed by atoms with Gasteiger partial charge in [-0.25, -0.2) is 4.79 Å². The van der Waals surface area contributed by atoms with Crippen molar-refractivity contribution in [2.75, 3.05) is 13.2 Å². The van der Waals surface area contributed by atoms with Gasteiger partial charge in [-0.3, -0.25) is 9.89 Å². The van der Waals surface area contributed by atoms with Gasteiger partial charge in [-0.05, 0) is 12.5 Å². The van der Waals surface area contributed by atoms with Crippen LogP contribution in [0.2, 0.25) is 0 Å². The van der Waals surface area contributed by atoms with Crippen LogP contribution in [0.1, 0.15) is 23.0 Å². The molecule has 0 aliphatic heterocycles. The average Bonchev–Trinajstić information content (AvgIpc) is 3.07. The van der Waals surface area contributed by atoms with Crippen LogP contribution >= 0.6 is 0 Å². The summed E-state index contributed by atoms with van der Waals surface area (Å²) in [5.74, 6) is -1.02. The molecule has 24 heavy (non-hydrogen) atoms. The Balaban J connectivity index is 1.75. The number of aromatic nitrogens is 2. The Morgan fingerprint density at radius 3 is 2.79 bits per heavy atom. The van der Waals surface area contributed by atoms with Crippen molar-refractivity contribution in [2.45, 2.75) is 19.6 Å². The Labute approximate surface area is 138 Å². The highest BCUT2D eigenvalue weighted by Crippen LogP contribution is 2.07. The predicted molar refractivity (Wildman–Crippen MR) is 84.3 cm³/mol. The van der Waals surface area contributed by atoms with Gasteiger partial charge in [0.2, 0.25) is 5.88 Å². The summed E-state index contributed by atoms with van der Waals surface area (Å²) in [6.45, 7) is 2.02. The van der Waals surface area contributed by atoms with Crippen molar-refractivity contribution in [3.8, 4) is 5.88 Å². The number of H-pyrrole nitrogens is 1. The van der Waals surface area contributed by atoms with Gasteiger partial charge < -0.3 is 19.9 Å². The van der Waals surface area contributed by atoms with Crippen molar-refractivity contribution in [1.82, 2.24) is 15.5 Å². The molecule has 0 saturated carbocycles. The van der Waals surface area contributed by atoms with Gasteiger partial charge in [0.25, 0.3) is 5.91 Å². The summed E-state index contributed by atoms with van der Waals surface area (Å²) < 4.78 is 10.1. The molecule has 0 saturated heterocycles. The number of aromatic amines is 1. The fraction of sp³-hybridized carbons (Fsp3) is 0.312. The molecule has 0 unspecified atom stereocenters. The van der Waals surface area contributed by atoms with Gasteiger partial charge in [0.1, 0.15) is 12.3 Å². The lowest BCUT2D eigenvalue weighted by Crippen LogP contribution is -2.37. The first kappa shape index (κ1) is 17.5. The Morgan fingerprint density at radius 1 is 1.33 bits per heavy atom. The fourth-order valence-electron chi connectivity index (χ4n) is 1.83. The van der Waals surface area contributed by atoms with E-state index in [0.29, 0.717) is 12.5 Å². The monoisotopic (exact) mass is 333 g/mol. The third-order valence-corrected chi connectivity index (χ3v) is 3.04. The maximum atomic E-state index is 11.9. The van der Waals surface area contributed by atoms with Crippen LogP contribution in [0.4, 0.5) is 0 Å². The number of aliphatic hydroxyl groups excluding tert-OH is 1. The Morgan fingerprint density at radius 2 is 2.08 bits per heavy atom. The van der Waals surface area contributed by atoms with Crippen molar-refractivity contribution in [1.29, 1.82) is 0 Å². The predicted octanol–water partition coefficient (Wildman–Crippen LogP) is 0.642. The van der Waals surface area contributed by atoms with E-state index in [9.17, 15) is 14.7 Å². The van der Waals surface area contributed by atoms with Crippen LogP contribution in [0.3, 0.4) is 0 Å². The maximum absolute atomic E-state index is 11.9. The number of rotatable bonds is 8. The summed E-state index contributed by atoms with van der Waals surface area (Å²) in [5.41, 5.74) is 0.978. The summed E-state index contributed by atoms with van der Waals surface area (Å²) >= 11 is 0. The normalized spacial score (nSPS) is 11.6. The molecule has 0 spiro atoms. The number of nitrogens with one attached hydrogen (secondary N) is 2. The minimum atomic E-state index is -1.45. The molecule has 1 amide bonds. The molecule has 128 valence electrons. The van der Waals surface area contributed by atoms with E-state index < -0.39 is 18.0 Å². The molecule has 8 heteroatoms. The molecule has 0 aliphatic rings. The molecule has 0 fully saturated rings. The molecular weight excluding hydrogens is 314 g/mol. The molecule has 2 rings (SSSR count). The highest BCUT2D eigenvalue weighted by Gasteiger charge is 2.19. The number of aliphatic hydroxyl groups is 1. The Bertz CT molecular complexity index is 671. The van der Waals surface area contributed by atoms with Crippen LogP contribution in [0.25, 0.3) is 0 Å². The van der Waals surface area contributed by atoms with Crippen molar-refractivity contribution < 1.29 is 24.2 Å². The molecule has 2 aromatic rings. The van der Waals surface area contributed by atoms with E-state index in [1.54, 1.807) is 19.1 Å². The molecule has 1 heterocycles. The Hall–Kier alpha value is -2.87. The zero-order valence-electron chi connectivity index (χ0n) is 13.2. The third kappa shape index (κ3) is 5.10. The van der Waals surface area contributed by atoms with E-state index in [0.717, 1.165) is 5.56 Å². The summed E-state index contributed by atoms with van der Waals surface area (Å²) in [6.07, 6.45) is -1.45. The van der Waals surface area contributed by atoms with E-state index in [4.69, 9.17) is 9.47 Å². The number of amides is 1. The van der Waals surface area contributed by atoms with Crippen LogP contribution < -0.4 is 10.1 Å². The molecular formula is C16H19N3O5. The zero-order valence-corrected chi connectivity index (χ0v) is 13.2. The van der Waals surface area contributed by atoms with E-state index in [1.807, 2.05) is 18.2 Å². The van der Waals surface area contributed by atoms with E-state index >= 15 is 0 Å². The van der Waals surface area contributed by atoms with Gasteiger partial charge in [-0.15, -0.1) is 5.10 Å². The SMILES string of the molecule is CCOc1cc(C(=O)NC[C@@H](O)C(=O)OCc2ccccc2)[nH]n1. The van der Waals surface area contributed by atoms with Gasteiger partial charge >= 0.3 is 5.97 Å². The summed E-state index contributed by atoms with van der Waals surface area (Å²) in [4.78, 5) is 23.6. The molecule has 1 atom stereocenters. The van der Waals surface area contributed by atoms with Gasteiger partial charge in [0, 0.05) is 6.07 Å². The average molecular weight is 333 g/mol. The second-order valence-electron chi connectivity index (χ2n) is 4.87. The molecule has 3 N–H and O–H groups in total. The lowest BCUT2D eigenvalue weighted by molar-refractivity contribution is -0.154. The summed E-state index contributed by atoms with van der Waals surface area (Å²) in [6, 6.07) is 10.5. The van der Waals surface area contributed by atoms with Gasteiger partial charge in [-0.1, -0.05) is 30.3 Å². The van der Waals surface area contributed by atoms with E-state index in [-0.39, 0.29) is 18.8 Å². The standard InChI is InChI=1S/C16H19N3O5/c1-2-23-14-8-12(18-19-14)15(21)17-9-13(20)16(22)24-10-11-6-4-3-5-7-11/h3-8,13,20H,2,9-10H2,1H3,(H,17,21)(H,18,19)/t13-/m1/s1. The van der Waals surface area contributed by atoms with Crippen LogP contribution in [0, 0.1) is 0 Å². The van der Waals surface area contributed by atoms with Crippen molar-refractivity contribution in [3.63, 3.8) is 0 Å². The van der Waals surface area contributed by atoms with Crippen LogP contribution in [-0.4, -0.2) is 46.4 Å². The molecule has 0 bridgehead atoms. The maximum Gasteiger partial charge on any atom is 0.337 e. The highest BCUT2D eigenvalue weighted by molar-refractivity contribution is 5.92. The first-order valence-electron chi connectivity index (χ1n) is 7.45. The highest BCUT2D eigenvalue weighted by atomic mass is 16.5. The zero-order chi connectivity index (χ0) is 17.4. The molecule has 8 nitrogen and oxygen atoms in total. The number of hydrogen-bond donors (Lipinski definition) is 3. The molecule has 0 radical (unpaired) electrons. The first-order valence-corrected chi connectivity index (χ1v) is 7.45. The number of hydrogen-bond acceptors (Lipinski definition) is 6. The smallest absolute Gasteiger partial charge is 0.337 e. The first-order chi connectivity index (χ1) is 11.6. The topological polar surface area (TPSA) is 114 Å². The molecule has 1 aromatic heterocycles. The van der Waals surface area contributed by atoms with Crippen LogP contribution in [0.5, 0.6) is 5.88 Å². The van der Waals surface area contributed by atoms with Crippen LogP contribution in [0.15, 0.2) is 36.4 Å². The fourth-order valence-corrected chi connectivity index (χ4v) is 1.83. The minimum absolute atomic E-state index is 0.0585.